The van der Waals surface area contributed by atoms with Gasteiger partial charge in [-0.15, -0.1) is 0 Å². The standard InChI is InChI=1S/C18H17N5O2.C18H21N3O.C17H16N6O2.C17H20N4O/c1-12-9-15(22-25-12)11-24-18-17-16(20-13(2)21-18)6-8-23(17)10-14-5-3-4-7-19-14;1-3-4-12-22-18-17-16(19-14(2)20-18)10-11-21(17)13-15-8-6-5-7-9-15;1-11-19-14-6-8-23(9-13-5-3-4-7-18-13)16(14)17(20-11)24-10-15-21-12(2)25-22-15;1-3-4-11-22-17-16-15(19-13(2)20-17)8-10-21(16)12-14-7-5-6-9-18-14/h3-9H,10-11H2,1-2H3;5-11H,3-4,12-13H2,1-2H3;3-8H,9-10H2,1-2H3;5-10H,3-4,11-12H2,1-2H3. The van der Waals surface area contributed by atoms with E-state index in [2.05, 4.69) is 124 Å². The molecule has 0 atom stereocenters. The van der Waals surface area contributed by atoms with Crippen LogP contribution in [0.5, 0.6) is 23.5 Å². The second-order valence-electron chi connectivity index (χ2n) is 22.1. The van der Waals surface area contributed by atoms with Gasteiger partial charge in [0.1, 0.15) is 63.4 Å². The molecule has 13 heterocycles. The predicted octanol–water partition coefficient (Wildman–Crippen LogP) is 12.8. The number of hydrogen-bond acceptors (Lipinski definition) is 20. The second kappa shape index (κ2) is 31.1. The third kappa shape index (κ3) is 16.8. The SMILES string of the molecule is CCCCOc1nc(C)nc2ccn(Cc3ccccc3)c12.CCCCOc1nc(C)nc2ccn(Cc3ccccn3)c12.Cc1nc(OCc2cc(C)on2)c2c(ccn2Cc2ccccn2)n1.Cc1nc(OCc2noc(C)n2)c2c(ccn2Cc2ccccn2)n1. The van der Waals surface area contributed by atoms with Crippen LogP contribution in [0.3, 0.4) is 0 Å². The van der Waals surface area contributed by atoms with Gasteiger partial charge in [-0.25, -0.2) is 19.9 Å². The molecule has 0 bridgehead atoms. The van der Waals surface area contributed by atoms with Gasteiger partial charge in [0.25, 0.3) is 0 Å². The molecule has 0 amide bonds. The zero-order valence-electron chi connectivity index (χ0n) is 54.0. The number of nitrogens with zero attached hydrogens (tertiary/aromatic N) is 18. The molecule has 13 aromatic heterocycles. The molecule has 480 valence electrons. The van der Waals surface area contributed by atoms with Crippen LogP contribution < -0.4 is 18.9 Å². The number of ether oxygens (including phenoxy) is 4. The Kier molecular flexibility index (Phi) is 21.3. The molecule has 94 heavy (non-hydrogen) atoms. The van der Waals surface area contributed by atoms with Gasteiger partial charge in [0.15, 0.2) is 6.61 Å². The van der Waals surface area contributed by atoms with E-state index in [-0.39, 0.29) is 13.2 Å². The van der Waals surface area contributed by atoms with Gasteiger partial charge in [0.05, 0.1) is 72.0 Å². The van der Waals surface area contributed by atoms with E-state index in [4.69, 9.17) is 28.0 Å². The molecule has 0 aliphatic heterocycles. The van der Waals surface area contributed by atoms with E-state index in [1.807, 2.05) is 153 Å². The lowest BCUT2D eigenvalue weighted by atomic mass is 10.2. The zero-order valence-corrected chi connectivity index (χ0v) is 54.0. The van der Waals surface area contributed by atoms with Crippen LogP contribution in [0.1, 0.15) is 109 Å². The number of aromatic nitrogens is 18. The van der Waals surface area contributed by atoms with Gasteiger partial charge in [0.2, 0.25) is 35.2 Å². The number of pyridine rings is 3. The van der Waals surface area contributed by atoms with E-state index in [1.165, 1.54) is 5.56 Å². The van der Waals surface area contributed by atoms with Gasteiger partial charge in [-0.3, -0.25) is 15.0 Å². The molecule has 0 aliphatic carbocycles. The molecule has 24 heteroatoms. The van der Waals surface area contributed by atoms with Gasteiger partial charge in [0, 0.05) is 62.9 Å². The summed E-state index contributed by atoms with van der Waals surface area (Å²) in [6.45, 7) is 19.9. The Morgan fingerprint density at radius 3 is 1.13 bits per heavy atom. The van der Waals surface area contributed by atoms with Crippen molar-refractivity contribution in [3.8, 4) is 23.5 Å². The van der Waals surface area contributed by atoms with E-state index >= 15 is 0 Å². The van der Waals surface area contributed by atoms with E-state index < -0.39 is 0 Å². The van der Waals surface area contributed by atoms with E-state index in [0.717, 1.165) is 117 Å². The molecule has 0 saturated carbocycles. The minimum Gasteiger partial charge on any atom is -0.476 e. The van der Waals surface area contributed by atoms with Crippen LogP contribution in [-0.4, -0.2) is 102 Å². The summed E-state index contributed by atoms with van der Waals surface area (Å²) in [6, 6.07) is 37.8. The molecule has 0 saturated heterocycles. The molecule has 24 nitrogen and oxygen atoms in total. The molecule has 14 aromatic rings. The van der Waals surface area contributed by atoms with Crippen LogP contribution in [0.2, 0.25) is 0 Å². The van der Waals surface area contributed by atoms with Gasteiger partial charge < -0.3 is 46.3 Å². The lowest BCUT2D eigenvalue weighted by molar-refractivity contribution is 0.277. The highest BCUT2D eigenvalue weighted by molar-refractivity contribution is 5.83. The Labute approximate surface area is 543 Å². The smallest absolute Gasteiger partial charge is 0.242 e. The minimum atomic E-state index is 0.178. The first-order chi connectivity index (χ1) is 45.9. The molecule has 0 N–H and O–H groups in total. The van der Waals surface area contributed by atoms with Crippen molar-refractivity contribution in [3.05, 3.63) is 228 Å². The number of hydrogen-bond donors (Lipinski definition) is 0. The van der Waals surface area contributed by atoms with Crippen LogP contribution in [0.25, 0.3) is 44.1 Å². The fourth-order valence-electron chi connectivity index (χ4n) is 10.2. The Bertz CT molecular complexity index is 4400. The molecule has 1 aromatic carbocycles. The second-order valence-corrected chi connectivity index (χ2v) is 22.1. The Hall–Kier alpha value is -11.3. The summed E-state index contributed by atoms with van der Waals surface area (Å²) in [5.41, 5.74) is 12.0. The van der Waals surface area contributed by atoms with Gasteiger partial charge in [-0.2, -0.15) is 24.9 Å². The highest BCUT2D eigenvalue weighted by atomic mass is 16.5. The minimum absolute atomic E-state index is 0.178. The number of rotatable bonds is 22. The molecule has 0 radical (unpaired) electrons. The zero-order chi connectivity index (χ0) is 65.2. The monoisotopic (exact) mass is 1260 g/mol. The molecule has 0 spiro atoms. The maximum Gasteiger partial charge on any atom is 0.242 e. The normalized spacial score (nSPS) is 11.1. The first kappa shape index (κ1) is 64.2. The molecular weight excluding hydrogens is 1190 g/mol. The Morgan fingerprint density at radius 2 is 0.766 bits per heavy atom. The van der Waals surface area contributed by atoms with Crippen molar-refractivity contribution in [2.24, 2.45) is 0 Å². The summed E-state index contributed by atoms with van der Waals surface area (Å²) in [4.78, 5) is 53.1. The number of benzene rings is 1. The lowest BCUT2D eigenvalue weighted by Crippen LogP contribution is -2.06. The van der Waals surface area contributed by atoms with Crippen molar-refractivity contribution in [1.29, 1.82) is 0 Å². The van der Waals surface area contributed by atoms with Crippen molar-refractivity contribution in [2.75, 3.05) is 13.2 Å². The highest BCUT2D eigenvalue weighted by Gasteiger charge is 2.18. The maximum absolute atomic E-state index is 5.92. The van der Waals surface area contributed by atoms with Crippen LogP contribution in [0.15, 0.2) is 168 Å². The van der Waals surface area contributed by atoms with E-state index in [0.29, 0.717) is 79.7 Å². The third-order valence-electron chi connectivity index (χ3n) is 14.5. The van der Waals surface area contributed by atoms with Crippen molar-refractivity contribution in [3.63, 3.8) is 0 Å². The molecule has 0 aliphatic rings. The quantitative estimate of drug-likeness (QED) is 0.0571. The molecule has 0 fully saturated rings. The highest BCUT2D eigenvalue weighted by Crippen LogP contribution is 2.29. The summed E-state index contributed by atoms with van der Waals surface area (Å²) < 4.78 is 41.9. The Morgan fingerprint density at radius 1 is 0.372 bits per heavy atom. The summed E-state index contributed by atoms with van der Waals surface area (Å²) >= 11 is 0. The van der Waals surface area contributed by atoms with Gasteiger partial charge >= 0.3 is 0 Å². The summed E-state index contributed by atoms with van der Waals surface area (Å²) in [5.74, 6) is 6.89. The topological polar surface area (TPSA) is 263 Å². The van der Waals surface area contributed by atoms with E-state index in [9.17, 15) is 0 Å². The predicted molar refractivity (Wildman–Crippen MR) is 354 cm³/mol. The summed E-state index contributed by atoms with van der Waals surface area (Å²) in [6.07, 6.45) is 17.6. The molecule has 14 rings (SSSR count). The fraction of sp³-hybridized carbons (Fsp3) is 0.286. The number of fused-ring (bicyclic) bond motifs is 4. The Balaban J connectivity index is 0.000000128. The van der Waals surface area contributed by atoms with Gasteiger partial charge in [-0.05, 0) is 114 Å². The maximum atomic E-state index is 5.92. The van der Waals surface area contributed by atoms with Crippen LogP contribution in [-0.2, 0) is 39.4 Å². The molecule has 0 unspecified atom stereocenters. The van der Waals surface area contributed by atoms with Crippen LogP contribution >= 0.6 is 0 Å². The van der Waals surface area contributed by atoms with Crippen LogP contribution in [0, 0.1) is 41.5 Å². The van der Waals surface area contributed by atoms with Crippen molar-refractivity contribution in [2.45, 2.75) is 120 Å². The summed E-state index contributed by atoms with van der Waals surface area (Å²) in [7, 11) is 0. The average Bonchev–Trinajstić information content (AvgIpc) is 1.66. The first-order valence-corrected chi connectivity index (χ1v) is 31.2. The number of aryl methyl sites for hydroxylation is 6. The van der Waals surface area contributed by atoms with Crippen molar-refractivity contribution < 1.29 is 28.0 Å². The van der Waals surface area contributed by atoms with Gasteiger partial charge in [-0.1, -0.05) is 85.5 Å². The number of unbranched alkanes of at least 4 members (excludes halogenated alkanes) is 2. The summed E-state index contributed by atoms with van der Waals surface area (Å²) in [5, 5.41) is 7.79. The average molecular weight is 1260 g/mol. The van der Waals surface area contributed by atoms with Crippen LogP contribution in [0.4, 0.5) is 0 Å². The van der Waals surface area contributed by atoms with Crippen molar-refractivity contribution in [1.82, 2.24) is 88.4 Å². The largest absolute Gasteiger partial charge is 0.476 e. The molecular formula is C70H74N18O6. The lowest BCUT2D eigenvalue weighted by Gasteiger charge is -2.11. The van der Waals surface area contributed by atoms with Crippen molar-refractivity contribution >= 4 is 44.1 Å². The first-order valence-electron chi connectivity index (χ1n) is 31.2. The fourth-order valence-corrected chi connectivity index (χ4v) is 10.2. The third-order valence-corrected chi connectivity index (χ3v) is 14.5. The van der Waals surface area contributed by atoms with E-state index in [1.54, 1.807) is 25.5 Å².